The fourth-order valence-corrected chi connectivity index (χ4v) is 3.12. The molecule has 0 bridgehead atoms. The number of hydroxylamine groups is 1. The fraction of sp³-hybridized carbons (Fsp3) is 0.571. The minimum Gasteiger partial charge on any atom is -0.493 e. The van der Waals surface area contributed by atoms with E-state index in [-0.39, 0.29) is 0 Å². The molecule has 1 aromatic carbocycles. The second-order valence-electron chi connectivity index (χ2n) is 4.44. The number of rotatable bonds is 6. The van der Waals surface area contributed by atoms with Crippen LogP contribution in [-0.4, -0.2) is 31.8 Å². The number of ether oxygens (including phenoxy) is 2. The summed E-state index contributed by atoms with van der Waals surface area (Å²) in [5.74, 6) is 3.98. The molecule has 1 aliphatic rings. The summed E-state index contributed by atoms with van der Waals surface area (Å²) in [5.41, 5.74) is 3.95. The van der Waals surface area contributed by atoms with Crippen LogP contribution in [0, 0.1) is 0 Å². The molecule has 106 valence electrons. The van der Waals surface area contributed by atoms with Crippen molar-refractivity contribution in [2.24, 2.45) is 0 Å². The minimum absolute atomic E-state index is 0.306. The lowest BCUT2D eigenvalue weighted by Gasteiger charge is -2.24. The van der Waals surface area contributed by atoms with Gasteiger partial charge in [-0.2, -0.15) is 17.2 Å². The zero-order valence-electron chi connectivity index (χ0n) is 11.5. The molecule has 0 spiro atoms. The van der Waals surface area contributed by atoms with Gasteiger partial charge in [-0.25, -0.2) is 0 Å². The standard InChI is InChI=1S/C14H21NO3S/c1-16-13-4-3-11(10-15-17-2)9-14(13)18-12-5-7-19-8-6-12/h3-4,9,12,15H,5-8,10H2,1-2H3. The summed E-state index contributed by atoms with van der Waals surface area (Å²) in [6.07, 6.45) is 2.52. The highest BCUT2D eigenvalue weighted by Gasteiger charge is 2.17. The van der Waals surface area contributed by atoms with Crippen molar-refractivity contribution in [2.75, 3.05) is 25.7 Å². The van der Waals surface area contributed by atoms with Gasteiger partial charge in [-0.05, 0) is 42.0 Å². The molecular formula is C14H21NO3S. The third kappa shape index (κ3) is 4.30. The monoisotopic (exact) mass is 283 g/mol. The van der Waals surface area contributed by atoms with Gasteiger partial charge in [0.25, 0.3) is 0 Å². The predicted molar refractivity (Wildman–Crippen MR) is 77.8 cm³/mol. The highest BCUT2D eigenvalue weighted by atomic mass is 32.2. The molecule has 0 saturated carbocycles. The number of thioether (sulfide) groups is 1. The largest absolute Gasteiger partial charge is 0.493 e. The molecule has 4 nitrogen and oxygen atoms in total. The first-order valence-corrected chi connectivity index (χ1v) is 7.66. The highest BCUT2D eigenvalue weighted by Crippen LogP contribution is 2.31. The Morgan fingerprint density at radius 1 is 1.21 bits per heavy atom. The molecule has 1 fully saturated rings. The molecule has 0 radical (unpaired) electrons. The molecule has 0 aromatic heterocycles. The summed E-state index contributed by atoms with van der Waals surface area (Å²) in [7, 11) is 3.28. The van der Waals surface area contributed by atoms with Crippen molar-refractivity contribution in [2.45, 2.75) is 25.5 Å². The molecule has 0 amide bonds. The van der Waals surface area contributed by atoms with E-state index in [1.165, 1.54) is 11.5 Å². The number of nitrogens with one attached hydrogen (secondary N) is 1. The van der Waals surface area contributed by atoms with E-state index in [0.717, 1.165) is 29.9 Å². The Labute approximate surface area is 118 Å². The van der Waals surface area contributed by atoms with Gasteiger partial charge in [0.1, 0.15) is 6.10 Å². The van der Waals surface area contributed by atoms with E-state index in [1.54, 1.807) is 14.2 Å². The van der Waals surface area contributed by atoms with Gasteiger partial charge in [-0.1, -0.05) is 6.07 Å². The molecule has 19 heavy (non-hydrogen) atoms. The minimum atomic E-state index is 0.306. The molecule has 0 atom stereocenters. The van der Waals surface area contributed by atoms with E-state index in [0.29, 0.717) is 12.6 Å². The molecule has 1 aliphatic heterocycles. The van der Waals surface area contributed by atoms with Gasteiger partial charge < -0.3 is 14.3 Å². The second kappa shape index (κ2) is 7.62. The van der Waals surface area contributed by atoms with E-state index in [4.69, 9.17) is 14.3 Å². The number of benzene rings is 1. The van der Waals surface area contributed by atoms with Crippen molar-refractivity contribution < 1.29 is 14.3 Å². The zero-order valence-corrected chi connectivity index (χ0v) is 12.3. The van der Waals surface area contributed by atoms with E-state index >= 15 is 0 Å². The van der Waals surface area contributed by atoms with Crippen LogP contribution in [0.1, 0.15) is 18.4 Å². The van der Waals surface area contributed by atoms with Crippen molar-refractivity contribution in [1.82, 2.24) is 5.48 Å². The van der Waals surface area contributed by atoms with Crippen molar-refractivity contribution in [3.05, 3.63) is 23.8 Å². The normalized spacial score (nSPS) is 16.3. The van der Waals surface area contributed by atoms with Crippen LogP contribution in [-0.2, 0) is 11.4 Å². The molecular weight excluding hydrogens is 262 g/mol. The van der Waals surface area contributed by atoms with Crippen molar-refractivity contribution in [3.8, 4) is 11.5 Å². The van der Waals surface area contributed by atoms with E-state index in [2.05, 4.69) is 5.48 Å². The summed E-state index contributed by atoms with van der Waals surface area (Å²) in [4.78, 5) is 4.87. The van der Waals surface area contributed by atoms with Crippen LogP contribution in [0.25, 0.3) is 0 Å². The SMILES string of the molecule is CONCc1ccc(OC)c(OC2CCSCC2)c1. The Balaban J connectivity index is 2.06. The average Bonchev–Trinajstić information content (AvgIpc) is 2.46. The number of methoxy groups -OCH3 is 1. The molecule has 1 heterocycles. The van der Waals surface area contributed by atoms with Gasteiger partial charge in [-0.15, -0.1) is 0 Å². The summed E-state index contributed by atoms with van der Waals surface area (Å²) < 4.78 is 11.5. The third-order valence-electron chi connectivity index (χ3n) is 3.11. The zero-order chi connectivity index (χ0) is 13.5. The summed E-state index contributed by atoms with van der Waals surface area (Å²) in [5, 5.41) is 0. The Kier molecular flexibility index (Phi) is 5.82. The number of hydrogen-bond acceptors (Lipinski definition) is 5. The van der Waals surface area contributed by atoms with Crippen LogP contribution in [0.5, 0.6) is 11.5 Å². The lowest BCUT2D eigenvalue weighted by Crippen LogP contribution is -2.22. The smallest absolute Gasteiger partial charge is 0.161 e. The van der Waals surface area contributed by atoms with Gasteiger partial charge in [0.05, 0.1) is 14.2 Å². The molecule has 1 aromatic rings. The molecule has 1 saturated heterocycles. The van der Waals surface area contributed by atoms with E-state index < -0.39 is 0 Å². The van der Waals surface area contributed by atoms with Gasteiger partial charge in [0.2, 0.25) is 0 Å². The first-order valence-electron chi connectivity index (χ1n) is 6.50. The van der Waals surface area contributed by atoms with Crippen LogP contribution in [0.15, 0.2) is 18.2 Å². The Hall–Kier alpha value is -0.910. The van der Waals surface area contributed by atoms with Gasteiger partial charge in [0, 0.05) is 6.54 Å². The first-order chi connectivity index (χ1) is 9.33. The number of hydrogen-bond donors (Lipinski definition) is 1. The molecule has 0 unspecified atom stereocenters. The maximum Gasteiger partial charge on any atom is 0.161 e. The molecule has 0 aliphatic carbocycles. The maximum absolute atomic E-state index is 6.09. The first kappa shape index (κ1) is 14.5. The van der Waals surface area contributed by atoms with E-state index in [1.807, 2.05) is 30.0 Å². The highest BCUT2D eigenvalue weighted by molar-refractivity contribution is 7.99. The van der Waals surface area contributed by atoms with Gasteiger partial charge in [-0.3, -0.25) is 0 Å². The average molecular weight is 283 g/mol. The van der Waals surface area contributed by atoms with Crippen LogP contribution < -0.4 is 15.0 Å². The topological polar surface area (TPSA) is 39.7 Å². The maximum atomic E-state index is 6.09. The van der Waals surface area contributed by atoms with Crippen LogP contribution >= 0.6 is 11.8 Å². The Morgan fingerprint density at radius 2 is 2.00 bits per heavy atom. The van der Waals surface area contributed by atoms with Gasteiger partial charge >= 0.3 is 0 Å². The Morgan fingerprint density at radius 3 is 2.68 bits per heavy atom. The summed E-state index contributed by atoms with van der Waals surface area (Å²) in [6, 6.07) is 5.97. The predicted octanol–water partition coefficient (Wildman–Crippen LogP) is 2.62. The second-order valence-corrected chi connectivity index (χ2v) is 5.66. The van der Waals surface area contributed by atoms with E-state index in [9.17, 15) is 0 Å². The van der Waals surface area contributed by atoms with Crippen LogP contribution in [0.4, 0.5) is 0 Å². The van der Waals surface area contributed by atoms with Crippen molar-refractivity contribution in [1.29, 1.82) is 0 Å². The fourth-order valence-electron chi connectivity index (χ4n) is 2.05. The molecule has 2 rings (SSSR count). The summed E-state index contributed by atoms with van der Waals surface area (Å²) >= 11 is 2.00. The lowest BCUT2D eigenvalue weighted by atomic mass is 10.2. The van der Waals surface area contributed by atoms with Crippen molar-refractivity contribution in [3.63, 3.8) is 0 Å². The summed E-state index contributed by atoms with van der Waals surface area (Å²) in [6.45, 7) is 0.650. The lowest BCUT2D eigenvalue weighted by molar-refractivity contribution is 0.0866. The van der Waals surface area contributed by atoms with Gasteiger partial charge in [0.15, 0.2) is 11.5 Å². The third-order valence-corrected chi connectivity index (χ3v) is 4.16. The molecule has 5 heteroatoms. The quantitative estimate of drug-likeness (QED) is 0.813. The van der Waals surface area contributed by atoms with Crippen LogP contribution in [0.2, 0.25) is 0 Å². The molecule has 1 N–H and O–H groups in total. The Bertz CT molecular complexity index is 394. The van der Waals surface area contributed by atoms with Crippen molar-refractivity contribution >= 4 is 11.8 Å². The van der Waals surface area contributed by atoms with Crippen LogP contribution in [0.3, 0.4) is 0 Å².